The van der Waals surface area contributed by atoms with E-state index in [-0.39, 0.29) is 0 Å². The van der Waals surface area contributed by atoms with Gasteiger partial charge in [0.1, 0.15) is 0 Å². The van der Waals surface area contributed by atoms with E-state index in [4.69, 9.17) is 32.3 Å². The summed E-state index contributed by atoms with van der Waals surface area (Å²) in [6.07, 6.45) is 3.61. The summed E-state index contributed by atoms with van der Waals surface area (Å²) in [6, 6.07) is 7.77. The Morgan fingerprint density at radius 1 is 0.606 bits per heavy atom. The molecule has 0 aromatic heterocycles. The molecule has 0 saturated carbocycles. The van der Waals surface area contributed by atoms with Crippen LogP contribution in [0.1, 0.15) is 65.5 Å². The smallest absolute Gasteiger partial charge is 0.398 e. The molecule has 1 rings (SSSR count). The van der Waals surface area contributed by atoms with E-state index < -0.39 is 17.6 Å². The maximum atomic E-state index is 6.40. The molecule has 1 aromatic carbocycles. The molecule has 0 aliphatic heterocycles. The fraction of sp³-hybridized carbons (Fsp3) is 0.750. The van der Waals surface area contributed by atoms with Gasteiger partial charge >= 0.3 is 17.6 Å². The van der Waals surface area contributed by atoms with E-state index in [0.717, 1.165) is 43.5 Å². The highest BCUT2D eigenvalue weighted by molar-refractivity contribution is 6.61. The van der Waals surface area contributed by atoms with Crippen molar-refractivity contribution < 1.29 is 26.6 Å². The molecule has 0 atom stereocenters. The van der Waals surface area contributed by atoms with Crippen LogP contribution in [0.3, 0.4) is 0 Å². The summed E-state index contributed by atoms with van der Waals surface area (Å²) in [5.74, 6) is 0. The molecular weight excluding hydrogens is 454 g/mol. The average molecular weight is 502 g/mol. The van der Waals surface area contributed by atoms with Gasteiger partial charge in [-0.2, -0.15) is 0 Å². The van der Waals surface area contributed by atoms with Gasteiger partial charge in [-0.1, -0.05) is 12.1 Å². The van der Waals surface area contributed by atoms with Gasteiger partial charge in [0.15, 0.2) is 0 Å². The number of nitrogens with two attached hydrogens (primary N) is 1. The molecule has 0 amide bonds. The van der Waals surface area contributed by atoms with Crippen LogP contribution in [0.15, 0.2) is 18.2 Å². The molecule has 0 heterocycles. The monoisotopic (exact) mass is 501 g/mol. The van der Waals surface area contributed by atoms with E-state index >= 15 is 0 Å². The van der Waals surface area contributed by atoms with Gasteiger partial charge < -0.3 is 32.3 Å². The molecule has 0 spiro atoms. The lowest BCUT2D eigenvalue weighted by atomic mass is 9.98. The molecule has 192 valence electrons. The highest BCUT2D eigenvalue weighted by atomic mass is 28.4. The van der Waals surface area contributed by atoms with Crippen LogP contribution in [0.5, 0.6) is 0 Å². The summed E-state index contributed by atoms with van der Waals surface area (Å²) >= 11 is 0. The number of aryl methyl sites for hydroxylation is 1. The topological polar surface area (TPSA) is 81.4 Å². The van der Waals surface area contributed by atoms with Crippen LogP contribution in [0.2, 0.25) is 12.1 Å². The number of rotatable bonds is 20. The minimum Gasteiger partial charge on any atom is -0.398 e. The first-order valence-electron chi connectivity index (χ1n) is 12.6. The first-order chi connectivity index (χ1) is 15.9. The quantitative estimate of drug-likeness (QED) is 0.193. The molecule has 0 fully saturated rings. The Bertz CT molecular complexity index is 615. The lowest BCUT2D eigenvalue weighted by Gasteiger charge is -2.29. The van der Waals surface area contributed by atoms with Crippen LogP contribution in [0.25, 0.3) is 0 Å². The van der Waals surface area contributed by atoms with Crippen molar-refractivity contribution in [1.29, 1.82) is 0 Å². The first-order valence-corrected chi connectivity index (χ1v) is 16.5. The van der Waals surface area contributed by atoms with Gasteiger partial charge in [0, 0.05) is 57.4 Å². The van der Waals surface area contributed by atoms with Crippen molar-refractivity contribution in [3.05, 3.63) is 29.3 Å². The molecule has 0 radical (unpaired) electrons. The fourth-order valence-corrected chi connectivity index (χ4v) is 9.40. The van der Waals surface area contributed by atoms with E-state index in [1.54, 1.807) is 0 Å². The van der Waals surface area contributed by atoms with E-state index in [9.17, 15) is 0 Å². The van der Waals surface area contributed by atoms with Crippen molar-refractivity contribution >= 4 is 23.3 Å². The molecule has 0 unspecified atom stereocenters. The minimum absolute atomic E-state index is 0.593. The van der Waals surface area contributed by atoms with E-state index in [2.05, 4.69) is 6.07 Å². The van der Waals surface area contributed by atoms with E-state index in [0.29, 0.717) is 39.6 Å². The lowest BCUT2D eigenvalue weighted by molar-refractivity contribution is 0.0699. The second-order valence-corrected chi connectivity index (χ2v) is 13.1. The molecule has 0 bridgehead atoms. The van der Waals surface area contributed by atoms with Crippen LogP contribution >= 0.6 is 0 Å². The average Bonchev–Trinajstić information content (AvgIpc) is 2.77. The SMILES string of the molecule is CCO[Si](CCCc1cccc(N)c1CCC[Si](OCC)(OCC)OCC)(OCC)OCC. The third kappa shape index (κ3) is 10.2. The third-order valence-corrected chi connectivity index (χ3v) is 11.6. The van der Waals surface area contributed by atoms with Gasteiger partial charge in [-0.15, -0.1) is 0 Å². The second kappa shape index (κ2) is 16.8. The molecule has 2 N–H and O–H groups in total. The normalized spacial score (nSPS) is 12.4. The Labute approximate surface area is 204 Å². The van der Waals surface area contributed by atoms with Crippen LogP contribution in [0, 0.1) is 0 Å². The van der Waals surface area contributed by atoms with Crippen molar-refractivity contribution in [3.8, 4) is 0 Å². The largest absolute Gasteiger partial charge is 0.500 e. The number of hydrogen-bond donors (Lipinski definition) is 1. The first kappa shape index (κ1) is 30.2. The summed E-state index contributed by atoms with van der Waals surface area (Å²) < 4.78 is 36.0. The Morgan fingerprint density at radius 2 is 1.00 bits per heavy atom. The van der Waals surface area contributed by atoms with Crippen molar-refractivity contribution in [1.82, 2.24) is 0 Å². The number of nitrogen functional groups attached to an aromatic ring is 1. The number of hydrogen-bond acceptors (Lipinski definition) is 7. The van der Waals surface area contributed by atoms with Crippen LogP contribution < -0.4 is 5.73 Å². The maximum Gasteiger partial charge on any atom is 0.500 e. The summed E-state index contributed by atoms with van der Waals surface area (Å²) in [6.45, 7) is 15.5. The molecule has 9 heteroatoms. The lowest BCUT2D eigenvalue weighted by Crippen LogP contribution is -2.46. The Hall–Kier alpha value is -0.786. The summed E-state index contributed by atoms with van der Waals surface area (Å²) in [7, 11) is -5.28. The van der Waals surface area contributed by atoms with E-state index in [1.807, 2.05) is 53.7 Å². The number of benzene rings is 1. The predicted octanol–water partition coefficient (Wildman–Crippen LogP) is 5.23. The van der Waals surface area contributed by atoms with Gasteiger partial charge in [-0.05, 0) is 84.4 Å². The van der Waals surface area contributed by atoms with E-state index in [1.165, 1.54) is 11.1 Å². The Kier molecular flexibility index (Phi) is 15.4. The molecule has 0 aliphatic carbocycles. The zero-order valence-electron chi connectivity index (χ0n) is 21.7. The van der Waals surface area contributed by atoms with Crippen LogP contribution in [0.4, 0.5) is 5.69 Å². The zero-order valence-corrected chi connectivity index (χ0v) is 23.7. The second-order valence-electron chi connectivity index (χ2n) is 7.66. The predicted molar refractivity (Wildman–Crippen MR) is 138 cm³/mol. The molecule has 33 heavy (non-hydrogen) atoms. The van der Waals surface area contributed by atoms with Gasteiger partial charge in [-0.3, -0.25) is 0 Å². The van der Waals surface area contributed by atoms with Crippen molar-refractivity contribution in [2.75, 3.05) is 45.4 Å². The molecule has 0 aliphatic rings. The third-order valence-electron chi connectivity index (χ3n) is 5.33. The Balaban J connectivity index is 2.85. The van der Waals surface area contributed by atoms with Crippen molar-refractivity contribution in [2.45, 2.75) is 79.3 Å². The molecule has 7 nitrogen and oxygen atoms in total. The van der Waals surface area contributed by atoms with Crippen LogP contribution in [-0.4, -0.2) is 57.3 Å². The standard InChI is InChI=1S/C24H47NO6Si2/c1-7-26-32(27-8-2,28-9-3)20-14-17-22-16-13-19-24(25)23(22)18-15-21-33(29-10-4,30-11-5)31-12-6/h13,16,19H,7-12,14-15,17-18,20-21,25H2,1-6H3. The van der Waals surface area contributed by atoms with Crippen molar-refractivity contribution in [3.63, 3.8) is 0 Å². The summed E-state index contributed by atoms with van der Waals surface area (Å²) in [5, 5.41) is 0. The molecular formula is C24H47NO6Si2. The van der Waals surface area contributed by atoms with Gasteiger partial charge in [0.2, 0.25) is 0 Å². The van der Waals surface area contributed by atoms with Gasteiger partial charge in [-0.25, -0.2) is 0 Å². The van der Waals surface area contributed by atoms with Crippen molar-refractivity contribution in [2.24, 2.45) is 0 Å². The fourth-order valence-electron chi connectivity index (χ4n) is 4.17. The molecule has 0 saturated heterocycles. The highest BCUT2D eigenvalue weighted by Gasteiger charge is 2.40. The summed E-state index contributed by atoms with van der Waals surface area (Å²) in [5.41, 5.74) is 9.73. The highest BCUT2D eigenvalue weighted by Crippen LogP contribution is 2.26. The van der Waals surface area contributed by atoms with Gasteiger partial charge in [0.05, 0.1) is 0 Å². The minimum atomic E-state index is -2.65. The maximum absolute atomic E-state index is 6.40. The Morgan fingerprint density at radius 3 is 1.39 bits per heavy atom. The number of anilines is 1. The molecule has 1 aromatic rings. The van der Waals surface area contributed by atoms with Gasteiger partial charge in [0.25, 0.3) is 0 Å². The zero-order chi connectivity index (χ0) is 24.6. The summed E-state index contributed by atoms with van der Waals surface area (Å²) in [4.78, 5) is 0. The van der Waals surface area contributed by atoms with Crippen LogP contribution in [-0.2, 0) is 39.4 Å².